The fourth-order valence-electron chi connectivity index (χ4n) is 2.04. The van der Waals surface area contributed by atoms with Crippen molar-refractivity contribution in [2.45, 2.75) is 26.7 Å². The van der Waals surface area contributed by atoms with Crippen LogP contribution in [0.2, 0.25) is 0 Å². The molecule has 1 aliphatic rings. The molecule has 18 heavy (non-hydrogen) atoms. The minimum Gasteiger partial charge on any atom is -0.477 e. The lowest BCUT2D eigenvalue weighted by atomic mass is 10.0. The lowest BCUT2D eigenvalue weighted by Gasteiger charge is -2.22. The van der Waals surface area contributed by atoms with Crippen molar-refractivity contribution in [3.63, 3.8) is 0 Å². The van der Waals surface area contributed by atoms with Crippen LogP contribution in [0.1, 0.15) is 25.3 Å². The van der Waals surface area contributed by atoms with E-state index in [-0.39, 0.29) is 0 Å². The maximum Gasteiger partial charge on any atom is 0.221 e. The van der Waals surface area contributed by atoms with Crippen molar-refractivity contribution >= 4 is 5.82 Å². The summed E-state index contributed by atoms with van der Waals surface area (Å²) in [6, 6.07) is 0. The zero-order valence-electron chi connectivity index (χ0n) is 11.1. The Balaban J connectivity index is 1.93. The summed E-state index contributed by atoms with van der Waals surface area (Å²) in [5.41, 5.74) is 0.978. The fourth-order valence-corrected chi connectivity index (χ4v) is 2.04. The van der Waals surface area contributed by atoms with Crippen LogP contribution >= 0.6 is 0 Å². The van der Waals surface area contributed by atoms with Gasteiger partial charge in [-0.25, -0.2) is 9.97 Å². The number of nitrogens with zero attached hydrogens (tertiary/aromatic N) is 2. The summed E-state index contributed by atoms with van der Waals surface area (Å²) in [5.74, 6) is 2.12. The summed E-state index contributed by atoms with van der Waals surface area (Å²) in [4.78, 5) is 8.40. The zero-order valence-corrected chi connectivity index (χ0v) is 11.1. The van der Waals surface area contributed by atoms with E-state index in [4.69, 9.17) is 9.47 Å². The summed E-state index contributed by atoms with van der Waals surface area (Å²) in [6.07, 6.45) is 3.69. The van der Waals surface area contributed by atoms with Gasteiger partial charge in [0.15, 0.2) is 0 Å². The third-order valence-electron chi connectivity index (χ3n) is 3.18. The van der Waals surface area contributed by atoms with E-state index in [0.717, 1.165) is 44.0 Å². The highest BCUT2D eigenvalue weighted by molar-refractivity contribution is 5.47. The van der Waals surface area contributed by atoms with E-state index in [0.29, 0.717) is 18.4 Å². The average Bonchev–Trinajstić information content (AvgIpc) is 2.41. The zero-order chi connectivity index (χ0) is 12.8. The molecule has 1 aliphatic heterocycles. The van der Waals surface area contributed by atoms with Gasteiger partial charge in [-0.15, -0.1) is 0 Å². The molecule has 2 heterocycles. The molecule has 0 aromatic carbocycles. The highest BCUT2D eigenvalue weighted by Gasteiger charge is 2.16. The standard InChI is InChI=1S/C13H21N3O2/c1-3-14-12-10(2)13(16-9-15-12)18-8-11-4-6-17-7-5-11/h9,11H,3-8H2,1-2H3,(H,14,15,16). The first-order valence-electron chi connectivity index (χ1n) is 6.57. The maximum atomic E-state index is 5.82. The molecular formula is C13H21N3O2. The van der Waals surface area contributed by atoms with Crippen LogP contribution in [0.4, 0.5) is 5.82 Å². The molecule has 1 fully saturated rings. The van der Waals surface area contributed by atoms with Crippen molar-refractivity contribution in [2.24, 2.45) is 5.92 Å². The van der Waals surface area contributed by atoms with E-state index in [9.17, 15) is 0 Å². The van der Waals surface area contributed by atoms with Gasteiger partial charge in [0.2, 0.25) is 5.88 Å². The minimum absolute atomic E-state index is 0.579. The second kappa shape index (κ2) is 6.54. The highest BCUT2D eigenvalue weighted by atomic mass is 16.5. The van der Waals surface area contributed by atoms with Gasteiger partial charge in [-0.2, -0.15) is 0 Å². The molecule has 100 valence electrons. The van der Waals surface area contributed by atoms with Crippen molar-refractivity contribution < 1.29 is 9.47 Å². The Morgan fingerprint density at radius 1 is 1.39 bits per heavy atom. The van der Waals surface area contributed by atoms with Crippen LogP contribution in [-0.2, 0) is 4.74 Å². The minimum atomic E-state index is 0.579. The molecule has 0 bridgehead atoms. The second-order valence-corrected chi connectivity index (χ2v) is 4.55. The number of aromatic nitrogens is 2. The first kappa shape index (κ1) is 13.1. The van der Waals surface area contributed by atoms with Gasteiger partial charge in [0.1, 0.15) is 12.1 Å². The van der Waals surface area contributed by atoms with E-state index in [1.807, 2.05) is 13.8 Å². The second-order valence-electron chi connectivity index (χ2n) is 4.55. The summed E-state index contributed by atoms with van der Waals surface area (Å²) in [7, 11) is 0. The first-order chi connectivity index (χ1) is 8.81. The Morgan fingerprint density at radius 2 is 2.17 bits per heavy atom. The van der Waals surface area contributed by atoms with Gasteiger partial charge in [0.05, 0.1) is 12.2 Å². The molecule has 0 amide bonds. The Labute approximate surface area is 108 Å². The number of hydrogen-bond acceptors (Lipinski definition) is 5. The van der Waals surface area contributed by atoms with E-state index in [2.05, 4.69) is 15.3 Å². The summed E-state index contributed by atoms with van der Waals surface area (Å²) in [6.45, 7) is 7.28. The highest BCUT2D eigenvalue weighted by Crippen LogP contribution is 2.22. The SMILES string of the molecule is CCNc1ncnc(OCC2CCOCC2)c1C. The van der Waals surface area contributed by atoms with Gasteiger partial charge in [0.25, 0.3) is 0 Å². The van der Waals surface area contributed by atoms with Gasteiger partial charge in [-0.1, -0.05) is 0 Å². The van der Waals surface area contributed by atoms with Crippen molar-refractivity contribution in [3.8, 4) is 5.88 Å². The Bertz CT molecular complexity index is 378. The van der Waals surface area contributed by atoms with E-state index < -0.39 is 0 Å². The van der Waals surface area contributed by atoms with Crippen LogP contribution in [0.15, 0.2) is 6.33 Å². The molecule has 1 aromatic heterocycles. The molecule has 0 atom stereocenters. The molecule has 2 rings (SSSR count). The van der Waals surface area contributed by atoms with Crippen LogP contribution in [-0.4, -0.2) is 36.3 Å². The molecule has 1 saturated heterocycles. The molecule has 0 unspecified atom stereocenters. The quantitative estimate of drug-likeness (QED) is 0.867. The number of nitrogens with one attached hydrogen (secondary N) is 1. The number of hydrogen-bond donors (Lipinski definition) is 1. The summed E-state index contributed by atoms with van der Waals surface area (Å²) >= 11 is 0. The molecule has 1 N–H and O–H groups in total. The molecule has 5 nitrogen and oxygen atoms in total. The van der Waals surface area contributed by atoms with Crippen LogP contribution in [0, 0.1) is 12.8 Å². The lowest BCUT2D eigenvalue weighted by molar-refractivity contribution is 0.0489. The van der Waals surface area contributed by atoms with Gasteiger partial charge in [0, 0.05) is 19.8 Å². The molecule has 0 saturated carbocycles. The predicted molar refractivity (Wildman–Crippen MR) is 70.0 cm³/mol. The smallest absolute Gasteiger partial charge is 0.221 e. The van der Waals surface area contributed by atoms with Gasteiger partial charge in [-0.3, -0.25) is 0 Å². The van der Waals surface area contributed by atoms with E-state index in [1.165, 1.54) is 0 Å². The summed E-state index contributed by atoms with van der Waals surface area (Å²) < 4.78 is 11.2. The summed E-state index contributed by atoms with van der Waals surface area (Å²) in [5, 5.41) is 3.20. The topological polar surface area (TPSA) is 56.3 Å². The van der Waals surface area contributed by atoms with Crippen LogP contribution in [0.3, 0.4) is 0 Å². The lowest BCUT2D eigenvalue weighted by Crippen LogP contribution is -2.22. The monoisotopic (exact) mass is 251 g/mol. The Morgan fingerprint density at radius 3 is 2.89 bits per heavy atom. The van der Waals surface area contributed by atoms with Crippen LogP contribution in [0.25, 0.3) is 0 Å². The third-order valence-corrected chi connectivity index (χ3v) is 3.18. The van der Waals surface area contributed by atoms with Crippen LogP contribution in [0.5, 0.6) is 5.88 Å². The van der Waals surface area contributed by atoms with E-state index in [1.54, 1.807) is 6.33 Å². The average molecular weight is 251 g/mol. The maximum absolute atomic E-state index is 5.82. The normalized spacial score (nSPS) is 16.6. The van der Waals surface area contributed by atoms with Crippen LogP contribution < -0.4 is 10.1 Å². The molecule has 1 aromatic rings. The molecule has 5 heteroatoms. The molecule has 0 aliphatic carbocycles. The Hall–Kier alpha value is -1.36. The fraction of sp³-hybridized carbons (Fsp3) is 0.692. The van der Waals surface area contributed by atoms with Gasteiger partial charge in [-0.05, 0) is 32.6 Å². The first-order valence-corrected chi connectivity index (χ1v) is 6.57. The largest absolute Gasteiger partial charge is 0.477 e. The number of anilines is 1. The van der Waals surface area contributed by atoms with Gasteiger partial charge < -0.3 is 14.8 Å². The van der Waals surface area contributed by atoms with E-state index >= 15 is 0 Å². The number of rotatable bonds is 5. The molecule has 0 spiro atoms. The van der Waals surface area contributed by atoms with Crippen molar-refractivity contribution in [3.05, 3.63) is 11.9 Å². The molecular weight excluding hydrogens is 230 g/mol. The Kier molecular flexibility index (Phi) is 4.75. The molecule has 0 radical (unpaired) electrons. The van der Waals surface area contributed by atoms with Crippen molar-refractivity contribution in [2.75, 3.05) is 31.7 Å². The van der Waals surface area contributed by atoms with Gasteiger partial charge >= 0.3 is 0 Å². The van der Waals surface area contributed by atoms with Crippen molar-refractivity contribution in [1.82, 2.24) is 9.97 Å². The number of ether oxygens (including phenoxy) is 2. The third kappa shape index (κ3) is 3.32. The van der Waals surface area contributed by atoms with Crippen molar-refractivity contribution in [1.29, 1.82) is 0 Å². The predicted octanol–water partition coefficient (Wildman–Crippen LogP) is 2.02.